The molecule has 4 heteroatoms. The van der Waals surface area contributed by atoms with Crippen LogP contribution in [0.3, 0.4) is 0 Å². The van der Waals surface area contributed by atoms with Crippen LogP contribution in [0.1, 0.15) is 87.0 Å². The van der Waals surface area contributed by atoms with Crippen LogP contribution in [0.5, 0.6) is 0 Å². The summed E-state index contributed by atoms with van der Waals surface area (Å²) < 4.78 is 12.5. The molecule has 0 N–H and O–H groups in total. The second-order valence-corrected chi connectivity index (χ2v) is 15.9. The van der Waals surface area contributed by atoms with E-state index < -0.39 is 13.7 Å². The maximum atomic E-state index is 13.4. The quantitative estimate of drug-likeness (QED) is 0.249. The van der Waals surface area contributed by atoms with Gasteiger partial charge in [-0.2, -0.15) is 0 Å². The SMILES string of the molecule is CCOC(=O)[C@@]1(C)[C@@H]2CCCC[C@@H]2C=C(C)[C@@H]1C[C@@H](CC)O[Si](C)(C)C(C)(C)C. The van der Waals surface area contributed by atoms with Crippen LogP contribution in [-0.4, -0.2) is 27.0 Å². The Morgan fingerprint density at radius 3 is 2.41 bits per heavy atom. The third kappa shape index (κ3) is 5.00. The van der Waals surface area contributed by atoms with Gasteiger partial charge in [-0.3, -0.25) is 4.79 Å². The number of allylic oxidation sites excluding steroid dienone is 2. The summed E-state index contributed by atoms with van der Waals surface area (Å²) in [4.78, 5) is 13.4. The molecule has 5 atom stereocenters. The number of hydrogen-bond acceptors (Lipinski definition) is 3. The first-order valence-electron chi connectivity index (χ1n) is 11.9. The molecule has 0 bridgehead atoms. The number of fused-ring (bicyclic) bond motifs is 1. The van der Waals surface area contributed by atoms with Gasteiger partial charge in [0.05, 0.1) is 12.0 Å². The monoisotopic (exact) mass is 422 g/mol. The normalized spacial score (nSPS) is 31.6. The van der Waals surface area contributed by atoms with Crippen molar-refractivity contribution in [2.45, 2.75) is 111 Å². The summed E-state index contributed by atoms with van der Waals surface area (Å²) in [6, 6.07) is 0. The van der Waals surface area contributed by atoms with E-state index in [-0.39, 0.29) is 23.0 Å². The van der Waals surface area contributed by atoms with E-state index in [9.17, 15) is 4.79 Å². The molecule has 0 amide bonds. The number of esters is 1. The molecule has 1 saturated carbocycles. The highest BCUT2D eigenvalue weighted by molar-refractivity contribution is 6.74. The van der Waals surface area contributed by atoms with E-state index >= 15 is 0 Å². The van der Waals surface area contributed by atoms with Gasteiger partial charge in [0.2, 0.25) is 0 Å². The highest BCUT2D eigenvalue weighted by atomic mass is 28.4. The summed E-state index contributed by atoms with van der Waals surface area (Å²) in [6.07, 6.45) is 9.45. The van der Waals surface area contributed by atoms with Crippen molar-refractivity contribution in [2.24, 2.45) is 23.2 Å². The summed E-state index contributed by atoms with van der Waals surface area (Å²) in [5.74, 6) is 1.14. The van der Waals surface area contributed by atoms with E-state index in [1.807, 2.05) is 6.92 Å². The van der Waals surface area contributed by atoms with Crippen LogP contribution in [0.4, 0.5) is 0 Å². The zero-order valence-electron chi connectivity index (χ0n) is 20.6. The number of rotatable bonds is 7. The highest BCUT2D eigenvalue weighted by Gasteiger charge is 2.54. The molecule has 3 nitrogen and oxygen atoms in total. The molecule has 0 aromatic carbocycles. The van der Waals surface area contributed by atoms with Gasteiger partial charge in [-0.1, -0.05) is 52.2 Å². The van der Waals surface area contributed by atoms with Crippen molar-refractivity contribution in [1.29, 1.82) is 0 Å². The molecule has 0 aromatic heterocycles. The molecule has 0 saturated heterocycles. The van der Waals surface area contributed by atoms with Crippen LogP contribution in [0.15, 0.2) is 11.6 Å². The number of hydrogen-bond donors (Lipinski definition) is 0. The Balaban J connectivity index is 2.36. The van der Waals surface area contributed by atoms with Gasteiger partial charge in [-0.05, 0) is 82.3 Å². The average molecular weight is 423 g/mol. The Hall–Kier alpha value is -0.613. The van der Waals surface area contributed by atoms with Crippen molar-refractivity contribution < 1.29 is 14.0 Å². The second kappa shape index (κ2) is 9.26. The van der Waals surface area contributed by atoms with Gasteiger partial charge in [0, 0.05) is 6.10 Å². The lowest BCUT2D eigenvalue weighted by Gasteiger charge is -2.51. The molecule has 0 spiro atoms. The third-order valence-electron chi connectivity index (χ3n) is 8.28. The number of carbonyl (C=O) groups excluding carboxylic acids is 1. The van der Waals surface area contributed by atoms with Gasteiger partial charge in [-0.15, -0.1) is 0 Å². The Labute approximate surface area is 181 Å². The first-order valence-corrected chi connectivity index (χ1v) is 14.8. The summed E-state index contributed by atoms with van der Waals surface area (Å²) in [6.45, 7) is 20.6. The predicted molar refractivity (Wildman–Crippen MR) is 124 cm³/mol. The predicted octanol–water partition coefficient (Wildman–Crippen LogP) is 7.13. The first kappa shape index (κ1) is 24.7. The first-order chi connectivity index (χ1) is 13.4. The van der Waals surface area contributed by atoms with Crippen molar-refractivity contribution >= 4 is 14.3 Å². The van der Waals surface area contributed by atoms with E-state index in [0.717, 1.165) is 19.3 Å². The van der Waals surface area contributed by atoms with E-state index in [0.29, 0.717) is 18.4 Å². The number of ether oxygens (including phenoxy) is 1. The Kier molecular flexibility index (Phi) is 7.87. The Morgan fingerprint density at radius 1 is 1.24 bits per heavy atom. The van der Waals surface area contributed by atoms with Crippen molar-refractivity contribution in [3.05, 3.63) is 11.6 Å². The Morgan fingerprint density at radius 2 is 1.86 bits per heavy atom. The second-order valence-electron chi connectivity index (χ2n) is 11.2. The summed E-state index contributed by atoms with van der Waals surface area (Å²) in [5.41, 5.74) is 0.936. The fourth-order valence-corrected chi connectivity index (χ4v) is 6.90. The lowest BCUT2D eigenvalue weighted by atomic mass is 9.53. The smallest absolute Gasteiger partial charge is 0.312 e. The topological polar surface area (TPSA) is 35.5 Å². The molecule has 0 unspecified atom stereocenters. The number of carbonyl (C=O) groups is 1. The van der Waals surface area contributed by atoms with E-state index in [4.69, 9.17) is 9.16 Å². The third-order valence-corrected chi connectivity index (χ3v) is 12.8. The molecule has 168 valence electrons. The minimum absolute atomic E-state index is 0.0107. The van der Waals surface area contributed by atoms with Gasteiger partial charge in [0.25, 0.3) is 0 Å². The summed E-state index contributed by atoms with van der Waals surface area (Å²) in [7, 11) is -1.85. The molecule has 2 aliphatic rings. The standard InChI is InChI=1S/C25H46O3Si/c1-10-20(28-29(8,9)24(4,5)6)17-22-18(3)16-19-14-12-13-15-21(19)25(22,7)23(26)27-11-2/h16,19-22H,10-15,17H2,1-9H3/t19-,20-,21-,22+,25+/m1/s1. The fraction of sp³-hybridized carbons (Fsp3) is 0.880. The van der Waals surface area contributed by atoms with E-state index in [2.05, 4.69) is 60.7 Å². The van der Waals surface area contributed by atoms with Gasteiger partial charge in [-0.25, -0.2) is 0 Å². The van der Waals surface area contributed by atoms with Gasteiger partial charge in [0.1, 0.15) is 0 Å². The van der Waals surface area contributed by atoms with Crippen molar-refractivity contribution in [3.63, 3.8) is 0 Å². The van der Waals surface area contributed by atoms with E-state index in [1.165, 1.54) is 24.8 Å². The van der Waals surface area contributed by atoms with Crippen molar-refractivity contribution in [3.8, 4) is 0 Å². The fourth-order valence-electron chi connectivity index (χ4n) is 5.45. The molecular weight excluding hydrogens is 376 g/mol. The highest BCUT2D eigenvalue weighted by Crippen LogP contribution is 2.55. The Bertz CT molecular complexity index is 604. The minimum atomic E-state index is -1.85. The average Bonchev–Trinajstić information content (AvgIpc) is 2.63. The molecule has 0 aromatic rings. The molecule has 1 fully saturated rings. The molecule has 2 rings (SSSR count). The van der Waals surface area contributed by atoms with Crippen molar-refractivity contribution in [2.75, 3.05) is 6.61 Å². The summed E-state index contributed by atoms with van der Waals surface area (Å²) in [5, 5.41) is 0.191. The minimum Gasteiger partial charge on any atom is -0.466 e. The zero-order valence-corrected chi connectivity index (χ0v) is 21.6. The van der Waals surface area contributed by atoms with E-state index in [1.54, 1.807) is 0 Å². The van der Waals surface area contributed by atoms with Gasteiger partial charge < -0.3 is 9.16 Å². The van der Waals surface area contributed by atoms with Gasteiger partial charge >= 0.3 is 5.97 Å². The molecule has 0 heterocycles. The van der Waals surface area contributed by atoms with Crippen LogP contribution >= 0.6 is 0 Å². The molecule has 0 aliphatic heterocycles. The van der Waals surface area contributed by atoms with Crippen LogP contribution < -0.4 is 0 Å². The zero-order chi connectivity index (χ0) is 22.0. The summed E-state index contributed by atoms with van der Waals surface area (Å²) >= 11 is 0. The molecule has 0 radical (unpaired) electrons. The van der Waals surface area contributed by atoms with Gasteiger partial charge in [0.15, 0.2) is 8.32 Å². The van der Waals surface area contributed by atoms with Crippen LogP contribution in [0.2, 0.25) is 18.1 Å². The lowest BCUT2D eigenvalue weighted by molar-refractivity contribution is -0.165. The lowest BCUT2D eigenvalue weighted by Crippen LogP contribution is -2.52. The largest absolute Gasteiger partial charge is 0.466 e. The van der Waals surface area contributed by atoms with Crippen molar-refractivity contribution in [1.82, 2.24) is 0 Å². The van der Waals surface area contributed by atoms with Crippen LogP contribution in [0.25, 0.3) is 0 Å². The van der Waals surface area contributed by atoms with Crippen LogP contribution in [-0.2, 0) is 14.0 Å². The molecular formula is C25H46O3Si. The molecule has 29 heavy (non-hydrogen) atoms. The maximum Gasteiger partial charge on any atom is 0.312 e. The van der Waals surface area contributed by atoms with Crippen LogP contribution in [0, 0.1) is 23.2 Å². The molecule has 2 aliphatic carbocycles. The maximum absolute atomic E-state index is 13.4.